The maximum Gasteiger partial charge on any atom is 0.339 e. The first-order chi connectivity index (χ1) is 10.5. The molecule has 0 aliphatic carbocycles. The van der Waals surface area contributed by atoms with Gasteiger partial charge in [-0.15, -0.1) is 0 Å². The van der Waals surface area contributed by atoms with Crippen LogP contribution < -0.4 is 0 Å². The Kier molecular flexibility index (Phi) is 7.25. The zero-order valence-electron chi connectivity index (χ0n) is 12.7. The summed E-state index contributed by atoms with van der Waals surface area (Å²) in [6.45, 7) is 1.31. The predicted octanol–water partition coefficient (Wildman–Crippen LogP) is 1.99. The number of aliphatic carboxylic acids is 1. The Morgan fingerprint density at radius 2 is 1.82 bits per heavy atom. The van der Waals surface area contributed by atoms with Gasteiger partial charge in [-0.2, -0.15) is 0 Å². The van der Waals surface area contributed by atoms with Gasteiger partial charge >= 0.3 is 11.9 Å². The van der Waals surface area contributed by atoms with Gasteiger partial charge in [-0.05, 0) is 18.9 Å². The number of carboxylic acid groups (broad SMARTS) is 1. The first-order valence-electron chi connectivity index (χ1n) is 6.92. The van der Waals surface area contributed by atoms with E-state index >= 15 is 0 Å². The maximum absolute atomic E-state index is 12.0. The third-order valence-corrected chi connectivity index (χ3v) is 3.26. The molecule has 22 heavy (non-hydrogen) atoms. The summed E-state index contributed by atoms with van der Waals surface area (Å²) < 4.78 is 10.2. The normalized spacial score (nSPS) is 13.2. The maximum atomic E-state index is 12.0. The number of carboxylic acids is 1. The summed E-state index contributed by atoms with van der Waals surface area (Å²) in [7, 11) is 1.40. The number of ether oxygens (including phenoxy) is 2. The lowest BCUT2D eigenvalue weighted by Crippen LogP contribution is -2.22. The van der Waals surface area contributed by atoms with E-state index in [0.29, 0.717) is 5.56 Å². The number of carbonyl (C=O) groups excluding carboxylic acids is 2. The van der Waals surface area contributed by atoms with Gasteiger partial charge in [-0.3, -0.25) is 9.59 Å². The van der Waals surface area contributed by atoms with E-state index in [4.69, 9.17) is 14.6 Å². The van der Waals surface area contributed by atoms with Crippen LogP contribution in [0.4, 0.5) is 0 Å². The number of carbonyl (C=O) groups is 3. The Morgan fingerprint density at radius 3 is 2.32 bits per heavy atom. The molecule has 2 unspecified atom stereocenters. The van der Waals surface area contributed by atoms with Gasteiger partial charge < -0.3 is 14.6 Å². The fourth-order valence-electron chi connectivity index (χ4n) is 2.03. The Morgan fingerprint density at radius 1 is 1.18 bits per heavy atom. The van der Waals surface area contributed by atoms with Gasteiger partial charge in [0.15, 0.2) is 6.10 Å². The minimum Gasteiger partial charge on any atom is -0.481 e. The summed E-state index contributed by atoms with van der Waals surface area (Å²) in [5.41, 5.74) is 0.670. The quantitative estimate of drug-likeness (QED) is 0.702. The summed E-state index contributed by atoms with van der Waals surface area (Å²) >= 11 is 0. The van der Waals surface area contributed by atoms with E-state index in [1.54, 1.807) is 24.3 Å². The monoisotopic (exact) mass is 308 g/mol. The summed E-state index contributed by atoms with van der Waals surface area (Å²) in [4.78, 5) is 34.0. The van der Waals surface area contributed by atoms with Gasteiger partial charge in [-0.25, -0.2) is 4.79 Å². The van der Waals surface area contributed by atoms with Crippen LogP contribution in [0.25, 0.3) is 0 Å². The van der Waals surface area contributed by atoms with Crippen LogP contribution in [0.2, 0.25) is 0 Å². The van der Waals surface area contributed by atoms with Crippen LogP contribution >= 0.6 is 0 Å². The molecule has 6 nitrogen and oxygen atoms in total. The van der Waals surface area contributed by atoms with Crippen molar-refractivity contribution < 1.29 is 29.0 Å². The SMILES string of the molecule is COC(C(=O)OCCC(CC(=O)O)C(C)=O)c1ccccc1. The van der Waals surface area contributed by atoms with Crippen LogP contribution in [-0.4, -0.2) is 36.5 Å². The van der Waals surface area contributed by atoms with Crippen LogP contribution in [-0.2, 0) is 23.9 Å². The fourth-order valence-corrected chi connectivity index (χ4v) is 2.03. The number of esters is 1. The van der Waals surface area contributed by atoms with E-state index in [0.717, 1.165) is 0 Å². The van der Waals surface area contributed by atoms with E-state index in [-0.39, 0.29) is 25.2 Å². The highest BCUT2D eigenvalue weighted by molar-refractivity contribution is 5.83. The van der Waals surface area contributed by atoms with E-state index in [1.165, 1.54) is 14.0 Å². The van der Waals surface area contributed by atoms with Crippen molar-refractivity contribution in [1.29, 1.82) is 0 Å². The average Bonchev–Trinajstić information content (AvgIpc) is 2.47. The van der Waals surface area contributed by atoms with Gasteiger partial charge in [0.2, 0.25) is 0 Å². The van der Waals surface area contributed by atoms with Gasteiger partial charge in [0.25, 0.3) is 0 Å². The number of ketones is 1. The third-order valence-electron chi connectivity index (χ3n) is 3.26. The number of methoxy groups -OCH3 is 1. The minimum atomic E-state index is -1.05. The molecule has 0 radical (unpaired) electrons. The molecule has 120 valence electrons. The van der Waals surface area contributed by atoms with Crippen molar-refractivity contribution in [3.8, 4) is 0 Å². The Labute approximate surface area is 129 Å². The molecule has 0 saturated heterocycles. The second kappa shape index (κ2) is 8.94. The standard InChI is InChI=1S/C16H20O6/c1-11(17)13(10-14(18)19)8-9-22-16(20)15(21-2)12-6-4-3-5-7-12/h3-7,13,15H,8-10H2,1-2H3,(H,18,19). The molecule has 1 aromatic rings. The minimum absolute atomic E-state index is 0.0247. The molecule has 6 heteroatoms. The molecule has 0 amide bonds. The lowest BCUT2D eigenvalue weighted by molar-refractivity contribution is -0.156. The molecule has 1 aromatic carbocycles. The molecule has 0 aliphatic rings. The smallest absolute Gasteiger partial charge is 0.339 e. The van der Waals surface area contributed by atoms with Crippen molar-refractivity contribution in [2.24, 2.45) is 5.92 Å². The van der Waals surface area contributed by atoms with Crippen molar-refractivity contribution in [1.82, 2.24) is 0 Å². The second-order valence-electron chi connectivity index (χ2n) is 4.89. The zero-order chi connectivity index (χ0) is 16.5. The molecule has 0 spiro atoms. The average molecular weight is 308 g/mol. The molecule has 1 rings (SSSR count). The highest BCUT2D eigenvalue weighted by atomic mass is 16.6. The molecule has 2 atom stereocenters. The lowest BCUT2D eigenvalue weighted by Gasteiger charge is -2.16. The van der Waals surface area contributed by atoms with E-state index < -0.39 is 24.0 Å². The van der Waals surface area contributed by atoms with Crippen molar-refractivity contribution >= 4 is 17.7 Å². The van der Waals surface area contributed by atoms with Crippen LogP contribution in [0, 0.1) is 5.92 Å². The van der Waals surface area contributed by atoms with E-state index in [9.17, 15) is 14.4 Å². The van der Waals surface area contributed by atoms with E-state index in [2.05, 4.69) is 0 Å². The highest BCUT2D eigenvalue weighted by Gasteiger charge is 2.23. The summed E-state index contributed by atoms with van der Waals surface area (Å²) in [5, 5.41) is 8.74. The molecule has 0 saturated carbocycles. The molecule has 0 aromatic heterocycles. The first-order valence-corrected chi connectivity index (χ1v) is 6.92. The lowest BCUT2D eigenvalue weighted by atomic mass is 9.98. The molecule has 1 N–H and O–H groups in total. The molecule has 0 aliphatic heterocycles. The molecule has 0 fully saturated rings. The van der Waals surface area contributed by atoms with Gasteiger partial charge in [-0.1, -0.05) is 30.3 Å². The van der Waals surface area contributed by atoms with Gasteiger partial charge in [0.05, 0.1) is 13.0 Å². The number of Topliss-reactive ketones (excluding diaryl/α,β-unsaturated/α-hetero) is 1. The topological polar surface area (TPSA) is 89.9 Å². The fraction of sp³-hybridized carbons (Fsp3) is 0.438. The first kappa shape index (κ1) is 17.8. The summed E-state index contributed by atoms with van der Waals surface area (Å²) in [6.07, 6.45) is -0.922. The van der Waals surface area contributed by atoms with Gasteiger partial charge in [0.1, 0.15) is 5.78 Å². The molecule has 0 bridgehead atoms. The van der Waals surface area contributed by atoms with Crippen LogP contribution in [0.15, 0.2) is 30.3 Å². The number of benzene rings is 1. The van der Waals surface area contributed by atoms with Gasteiger partial charge in [0, 0.05) is 13.0 Å². The molecular weight excluding hydrogens is 288 g/mol. The highest BCUT2D eigenvalue weighted by Crippen LogP contribution is 2.18. The van der Waals surface area contributed by atoms with Crippen LogP contribution in [0.3, 0.4) is 0 Å². The predicted molar refractivity (Wildman–Crippen MR) is 78.2 cm³/mol. The largest absolute Gasteiger partial charge is 0.481 e. The van der Waals surface area contributed by atoms with E-state index in [1.807, 2.05) is 6.07 Å². The zero-order valence-corrected chi connectivity index (χ0v) is 12.7. The third kappa shape index (κ3) is 5.65. The summed E-state index contributed by atoms with van der Waals surface area (Å²) in [6, 6.07) is 8.89. The molecular formula is C16H20O6. The van der Waals surface area contributed by atoms with Crippen molar-refractivity contribution in [3.63, 3.8) is 0 Å². The Bertz CT molecular complexity index is 511. The Balaban J connectivity index is 2.53. The second-order valence-corrected chi connectivity index (χ2v) is 4.89. The number of hydrogen-bond acceptors (Lipinski definition) is 5. The number of hydrogen-bond donors (Lipinski definition) is 1. The van der Waals surface area contributed by atoms with Crippen molar-refractivity contribution in [2.45, 2.75) is 25.9 Å². The number of rotatable bonds is 9. The van der Waals surface area contributed by atoms with Crippen molar-refractivity contribution in [2.75, 3.05) is 13.7 Å². The van der Waals surface area contributed by atoms with Crippen LogP contribution in [0.5, 0.6) is 0 Å². The van der Waals surface area contributed by atoms with Crippen LogP contribution in [0.1, 0.15) is 31.4 Å². The Hall–Kier alpha value is -2.21. The van der Waals surface area contributed by atoms with Crippen molar-refractivity contribution in [3.05, 3.63) is 35.9 Å². The molecule has 0 heterocycles. The summed E-state index contributed by atoms with van der Waals surface area (Å²) in [5.74, 6) is -2.50.